The van der Waals surface area contributed by atoms with E-state index in [1.54, 1.807) is 26.5 Å². The lowest BCUT2D eigenvalue weighted by atomic mass is 10.1. The fourth-order valence-electron chi connectivity index (χ4n) is 7.57. The topological polar surface area (TPSA) is 142 Å². The molecule has 0 aliphatic carbocycles. The Labute approximate surface area is 327 Å². The lowest BCUT2D eigenvalue weighted by Crippen LogP contribution is -2.48. The summed E-state index contributed by atoms with van der Waals surface area (Å²) in [7, 11) is 8.55. The number of nitrogens with zero attached hydrogens (tertiary/aromatic N) is 7. The highest BCUT2D eigenvalue weighted by molar-refractivity contribution is 6.77. The molecule has 2 heterocycles. The molecule has 300 valence electrons. The number of anilines is 3. The fraction of sp³-hybridized carbons (Fsp3) is 0.525. The predicted octanol–water partition coefficient (Wildman–Crippen LogP) is 8.40. The van der Waals surface area contributed by atoms with E-state index in [1.807, 2.05) is 65.8 Å². The minimum atomic E-state index is -2.03. The monoisotopic (exact) mass is 776 g/mol. The van der Waals surface area contributed by atoms with Gasteiger partial charge in [0.2, 0.25) is 5.95 Å². The highest BCUT2D eigenvalue weighted by atomic mass is 28.4. The summed E-state index contributed by atoms with van der Waals surface area (Å²) in [6.45, 7) is 16.0. The Morgan fingerprint density at radius 2 is 1.58 bits per heavy atom. The number of hydrogen-bond donors (Lipinski definition) is 1. The van der Waals surface area contributed by atoms with Crippen LogP contribution >= 0.6 is 0 Å². The number of aryl methyl sites for hydroxylation is 1. The molecule has 4 aromatic rings. The van der Waals surface area contributed by atoms with Crippen molar-refractivity contribution < 1.29 is 23.6 Å². The van der Waals surface area contributed by atoms with Crippen LogP contribution in [-0.2, 0) is 22.3 Å². The summed E-state index contributed by atoms with van der Waals surface area (Å²) in [6.07, 6.45) is 3.11. The first-order chi connectivity index (χ1) is 26.2. The Balaban J connectivity index is 1.76. The molecule has 0 fully saturated rings. The maximum atomic E-state index is 12.3. The van der Waals surface area contributed by atoms with E-state index in [1.165, 1.54) is 13.2 Å². The van der Waals surface area contributed by atoms with E-state index >= 15 is 0 Å². The zero-order valence-corrected chi connectivity index (χ0v) is 35.7. The number of imidazole rings is 1. The van der Waals surface area contributed by atoms with Gasteiger partial charge in [0.1, 0.15) is 29.7 Å². The summed E-state index contributed by atoms with van der Waals surface area (Å²) < 4.78 is 25.9. The number of ether oxygens (including phenoxy) is 3. The van der Waals surface area contributed by atoms with Crippen molar-refractivity contribution in [2.45, 2.75) is 77.7 Å². The van der Waals surface area contributed by atoms with E-state index in [0.717, 1.165) is 41.5 Å². The molecule has 0 radical (unpaired) electrons. The van der Waals surface area contributed by atoms with Crippen molar-refractivity contribution in [3.8, 4) is 34.1 Å². The molecule has 0 unspecified atom stereocenters. The van der Waals surface area contributed by atoms with Crippen LogP contribution in [0.4, 0.5) is 23.0 Å². The molecular weight excluding hydrogens is 717 g/mol. The SMILES string of the molecule is COCn1c(CCCO[Si](C(C)C)(C(C)C)C(C)C)nc(-c2ccc(OC)cc2)c1-c1ccnc(Nc2cc([N+](=O)[O-])c(N(C)CCN(C)C)cc2OC)n1. The summed E-state index contributed by atoms with van der Waals surface area (Å²) in [4.78, 5) is 30.4. The van der Waals surface area contributed by atoms with Crippen molar-refractivity contribution in [1.82, 2.24) is 24.4 Å². The van der Waals surface area contributed by atoms with E-state index in [2.05, 4.69) is 51.8 Å². The molecule has 0 saturated heterocycles. The largest absolute Gasteiger partial charge is 0.497 e. The number of nitro groups is 1. The van der Waals surface area contributed by atoms with Crippen LogP contribution in [0.1, 0.15) is 53.8 Å². The summed E-state index contributed by atoms with van der Waals surface area (Å²) in [5.41, 5.74) is 5.18. The maximum Gasteiger partial charge on any atom is 0.294 e. The molecule has 14 nitrogen and oxygen atoms in total. The number of rotatable bonds is 21. The summed E-state index contributed by atoms with van der Waals surface area (Å²) in [5, 5.41) is 15.5. The van der Waals surface area contributed by atoms with Crippen molar-refractivity contribution in [3.05, 3.63) is 64.6 Å². The number of nitro benzene ring substituents is 1. The minimum absolute atomic E-state index is 0.0654. The number of benzene rings is 2. The summed E-state index contributed by atoms with van der Waals surface area (Å²) >= 11 is 0. The standard InChI is InChI=1S/C40H60N8O6Si/c1-27(2)55(28(3)4,29(5)6)54-23-13-14-37-44-38(30-15-17-31(52-11)18-16-30)39(47(37)26-51-10)32-19-20-41-40(42-32)43-33-24-35(48(49)50)34(25-36(33)53-12)46(9)22-21-45(7)8/h15-20,24-25,27-29H,13-14,21-23,26H2,1-12H3,(H,41,42,43). The molecule has 4 rings (SSSR count). The first-order valence-electron chi connectivity index (χ1n) is 18.9. The highest BCUT2D eigenvalue weighted by Gasteiger charge is 2.44. The van der Waals surface area contributed by atoms with Crippen LogP contribution in [0.3, 0.4) is 0 Å². The third-order valence-corrected chi connectivity index (χ3v) is 16.3. The third-order valence-electron chi connectivity index (χ3n) is 10.2. The lowest BCUT2D eigenvalue weighted by Gasteiger charge is -2.42. The quantitative estimate of drug-likeness (QED) is 0.0376. The van der Waals surface area contributed by atoms with Crippen molar-refractivity contribution in [3.63, 3.8) is 0 Å². The van der Waals surface area contributed by atoms with Crippen LogP contribution in [0.25, 0.3) is 22.6 Å². The molecule has 0 atom stereocenters. The van der Waals surface area contributed by atoms with Gasteiger partial charge in [-0.1, -0.05) is 41.5 Å². The molecule has 2 aromatic heterocycles. The van der Waals surface area contributed by atoms with Gasteiger partial charge in [0, 0.05) is 64.2 Å². The van der Waals surface area contributed by atoms with Gasteiger partial charge in [0.15, 0.2) is 8.32 Å². The van der Waals surface area contributed by atoms with Gasteiger partial charge in [-0.3, -0.25) is 10.1 Å². The Kier molecular flexibility index (Phi) is 15.2. The second-order valence-electron chi connectivity index (χ2n) is 15.0. The number of nitrogens with one attached hydrogen (secondary N) is 1. The Morgan fingerprint density at radius 1 is 0.909 bits per heavy atom. The van der Waals surface area contributed by atoms with Gasteiger partial charge in [-0.2, -0.15) is 0 Å². The Hall–Kier alpha value is -4.57. The van der Waals surface area contributed by atoms with Crippen LogP contribution in [-0.4, -0.2) is 99.8 Å². The minimum Gasteiger partial charge on any atom is -0.497 e. The number of aromatic nitrogens is 4. The smallest absolute Gasteiger partial charge is 0.294 e. The van der Waals surface area contributed by atoms with Gasteiger partial charge in [-0.25, -0.2) is 15.0 Å². The van der Waals surface area contributed by atoms with Crippen molar-refractivity contribution >= 4 is 31.3 Å². The molecule has 15 heteroatoms. The zero-order chi connectivity index (χ0) is 40.4. The van der Waals surface area contributed by atoms with Crippen LogP contribution in [0.15, 0.2) is 48.7 Å². The van der Waals surface area contributed by atoms with E-state index in [4.69, 9.17) is 28.6 Å². The van der Waals surface area contributed by atoms with E-state index < -0.39 is 13.2 Å². The molecule has 0 bridgehead atoms. The first-order valence-corrected chi connectivity index (χ1v) is 21.0. The zero-order valence-electron chi connectivity index (χ0n) is 34.7. The molecule has 0 spiro atoms. The average molecular weight is 777 g/mol. The van der Waals surface area contributed by atoms with Gasteiger partial charge in [0.25, 0.3) is 5.69 Å². The molecule has 0 saturated carbocycles. The molecule has 55 heavy (non-hydrogen) atoms. The first kappa shape index (κ1) is 43.2. The molecule has 2 aromatic carbocycles. The number of hydrogen-bond acceptors (Lipinski definition) is 12. The van der Waals surface area contributed by atoms with Crippen LogP contribution < -0.4 is 19.7 Å². The van der Waals surface area contributed by atoms with E-state index in [-0.39, 0.29) is 18.4 Å². The fourth-order valence-corrected chi connectivity index (χ4v) is 13.1. The average Bonchev–Trinajstić information content (AvgIpc) is 3.51. The van der Waals surface area contributed by atoms with Crippen molar-refractivity contribution in [2.24, 2.45) is 0 Å². The van der Waals surface area contributed by atoms with Crippen molar-refractivity contribution in [1.29, 1.82) is 0 Å². The maximum absolute atomic E-state index is 12.3. The van der Waals surface area contributed by atoms with Gasteiger partial charge in [-0.05, 0) is 67.5 Å². The van der Waals surface area contributed by atoms with Crippen LogP contribution in [0, 0.1) is 10.1 Å². The third kappa shape index (κ3) is 10.0. The van der Waals surface area contributed by atoms with Gasteiger partial charge in [-0.15, -0.1) is 0 Å². The molecule has 0 aliphatic rings. The Morgan fingerprint density at radius 3 is 2.15 bits per heavy atom. The van der Waals surface area contributed by atoms with Gasteiger partial charge < -0.3 is 38.3 Å². The molecule has 0 amide bonds. The normalized spacial score (nSPS) is 11.9. The van der Waals surface area contributed by atoms with Crippen molar-refractivity contribution in [2.75, 3.05) is 72.4 Å². The second kappa shape index (κ2) is 19.3. The van der Waals surface area contributed by atoms with E-state index in [0.29, 0.717) is 59.0 Å². The Bertz CT molecular complexity index is 1840. The van der Waals surface area contributed by atoms with Crippen LogP contribution in [0.5, 0.6) is 11.5 Å². The summed E-state index contributed by atoms with van der Waals surface area (Å²) in [6, 6.07) is 12.7. The second-order valence-corrected chi connectivity index (χ2v) is 20.4. The molecule has 1 N–H and O–H groups in total. The van der Waals surface area contributed by atoms with E-state index in [9.17, 15) is 10.1 Å². The van der Waals surface area contributed by atoms with Gasteiger partial charge in [0.05, 0.1) is 41.9 Å². The molecule has 0 aliphatic heterocycles. The number of methoxy groups -OCH3 is 3. The van der Waals surface area contributed by atoms with Crippen LogP contribution in [0.2, 0.25) is 16.6 Å². The number of likely N-dealkylation sites (N-methyl/N-ethyl adjacent to an activating group) is 2. The summed E-state index contributed by atoms with van der Waals surface area (Å²) in [5.74, 6) is 2.23. The predicted molar refractivity (Wildman–Crippen MR) is 222 cm³/mol. The molecular formula is C40H60N8O6Si. The lowest BCUT2D eigenvalue weighted by molar-refractivity contribution is -0.384. The highest BCUT2D eigenvalue weighted by Crippen LogP contribution is 2.43. The van der Waals surface area contributed by atoms with Gasteiger partial charge >= 0.3 is 0 Å².